The van der Waals surface area contributed by atoms with Crippen molar-refractivity contribution in [3.8, 4) is 11.5 Å². The Bertz CT molecular complexity index is 1950. The fraction of sp³-hybridized carbons (Fsp3) is 0.293. The van der Waals surface area contributed by atoms with E-state index >= 15 is 0 Å². The average Bonchev–Trinajstić information content (AvgIpc) is 3.66. The van der Waals surface area contributed by atoms with Crippen LogP contribution in [0, 0.1) is 0 Å². The zero-order valence-electron chi connectivity index (χ0n) is 29.6. The van der Waals surface area contributed by atoms with E-state index in [-0.39, 0.29) is 18.5 Å². The van der Waals surface area contributed by atoms with E-state index in [2.05, 4.69) is 39.5 Å². The number of methoxy groups -OCH3 is 2. The van der Waals surface area contributed by atoms with Crippen LogP contribution >= 0.6 is 34.5 Å². The minimum atomic E-state index is -0.745. The van der Waals surface area contributed by atoms with E-state index < -0.39 is 18.1 Å². The van der Waals surface area contributed by atoms with Crippen molar-refractivity contribution in [1.29, 1.82) is 0 Å². The molecule has 12 heteroatoms. The summed E-state index contributed by atoms with van der Waals surface area (Å²) in [6, 6.07) is 28.2. The standard InChI is InChI=1S/C41H41Cl2N3O6S/c1-49-35-15-13-29(21-37(35)50-2)36(22-32-33(42)24-44-25-34(32)43)52-40(47)38-16-14-31(53-38)23-45-39(28-11-7-4-8-12-28)41(48)51-30-17-19-46(20-18-30)26-27-9-5-3-6-10-27/h3-16,21,24-25,30,36,39,45H,17-20,22-23,26H2,1-2H3/p+1/t36-,39?/m0/s1. The van der Waals surface area contributed by atoms with E-state index in [0.29, 0.717) is 44.1 Å². The zero-order chi connectivity index (χ0) is 37.2. The molecule has 2 atom stereocenters. The molecule has 2 N–H and O–H groups in total. The third-order valence-electron chi connectivity index (χ3n) is 9.19. The van der Waals surface area contributed by atoms with Gasteiger partial charge in [0.15, 0.2) is 23.9 Å². The molecule has 0 radical (unpaired) electrons. The third-order valence-corrected chi connectivity index (χ3v) is 10.9. The highest BCUT2D eigenvalue weighted by molar-refractivity contribution is 7.13. The Labute approximate surface area is 323 Å². The molecule has 2 aromatic heterocycles. The molecule has 5 aromatic rings. The second-order valence-electron chi connectivity index (χ2n) is 12.7. The quantitative estimate of drug-likeness (QED) is 0.107. The van der Waals surface area contributed by atoms with Gasteiger partial charge in [-0.1, -0.05) is 89.9 Å². The third kappa shape index (κ3) is 10.2. The predicted molar refractivity (Wildman–Crippen MR) is 206 cm³/mol. The summed E-state index contributed by atoms with van der Waals surface area (Å²) in [5.74, 6) is 0.217. The van der Waals surface area contributed by atoms with Gasteiger partial charge < -0.3 is 18.9 Å². The highest BCUT2D eigenvalue weighted by Crippen LogP contribution is 2.36. The second-order valence-corrected chi connectivity index (χ2v) is 14.7. The number of ether oxygens (including phenoxy) is 4. The number of thiophene rings is 1. The fourth-order valence-corrected chi connectivity index (χ4v) is 7.73. The lowest BCUT2D eigenvalue weighted by atomic mass is 10.0. The molecule has 3 heterocycles. The molecule has 0 aliphatic carbocycles. The van der Waals surface area contributed by atoms with E-state index in [1.807, 2.05) is 48.5 Å². The molecule has 1 aliphatic heterocycles. The number of H-pyrrole nitrogens is 1. The van der Waals surface area contributed by atoms with Crippen LogP contribution < -0.4 is 19.8 Å². The van der Waals surface area contributed by atoms with Crippen LogP contribution in [0.5, 0.6) is 11.5 Å². The number of halogens is 2. The summed E-state index contributed by atoms with van der Waals surface area (Å²) in [7, 11) is 3.10. The van der Waals surface area contributed by atoms with Gasteiger partial charge in [0.2, 0.25) is 0 Å². The van der Waals surface area contributed by atoms with Gasteiger partial charge in [-0.05, 0) is 53.8 Å². The predicted octanol–water partition coefficient (Wildman–Crippen LogP) is 8.07. The van der Waals surface area contributed by atoms with Crippen LogP contribution in [0.15, 0.2) is 103 Å². The summed E-state index contributed by atoms with van der Waals surface area (Å²) in [5, 5.41) is 4.23. The number of nitrogens with zero attached hydrogens (tertiary/aromatic N) is 1. The maximum atomic E-state index is 13.7. The van der Waals surface area contributed by atoms with E-state index in [9.17, 15) is 9.59 Å². The van der Waals surface area contributed by atoms with Crippen molar-refractivity contribution < 1.29 is 33.5 Å². The highest BCUT2D eigenvalue weighted by atomic mass is 35.5. The number of carbonyl (C=O) groups excluding carboxylic acids is 2. The Kier molecular flexibility index (Phi) is 13.4. The van der Waals surface area contributed by atoms with Crippen LogP contribution in [-0.2, 0) is 33.8 Å². The zero-order valence-corrected chi connectivity index (χ0v) is 31.9. The number of hydrogen-bond acceptors (Lipinski definition) is 9. The van der Waals surface area contributed by atoms with Gasteiger partial charge >= 0.3 is 11.9 Å². The molecule has 0 saturated carbocycles. The molecule has 1 fully saturated rings. The van der Waals surface area contributed by atoms with Gasteiger partial charge in [0, 0.05) is 43.0 Å². The first-order valence-electron chi connectivity index (χ1n) is 17.4. The normalized spacial score (nSPS) is 14.6. The van der Waals surface area contributed by atoms with Crippen LogP contribution in [-0.4, -0.2) is 50.3 Å². The van der Waals surface area contributed by atoms with Crippen LogP contribution in [0.1, 0.15) is 61.8 Å². The maximum Gasteiger partial charge on any atom is 0.348 e. The van der Waals surface area contributed by atoms with Crippen molar-refractivity contribution in [3.05, 3.63) is 145 Å². The summed E-state index contributed by atoms with van der Waals surface area (Å²) in [6.45, 7) is 2.95. The van der Waals surface area contributed by atoms with Crippen molar-refractivity contribution >= 4 is 46.5 Å². The van der Waals surface area contributed by atoms with Crippen molar-refractivity contribution in [2.45, 2.75) is 50.6 Å². The number of aromatic amines is 1. The van der Waals surface area contributed by atoms with E-state index in [0.717, 1.165) is 42.9 Å². The molecule has 6 rings (SSSR count). The Morgan fingerprint density at radius 2 is 1.55 bits per heavy atom. The maximum absolute atomic E-state index is 13.7. The number of piperidine rings is 1. The molecule has 0 amide bonds. The lowest BCUT2D eigenvalue weighted by Crippen LogP contribution is -2.39. The van der Waals surface area contributed by atoms with Crippen LogP contribution in [0.3, 0.4) is 0 Å². The molecular formula is C41H42Cl2N3O6S+. The minimum absolute atomic E-state index is 0.150. The first-order valence-corrected chi connectivity index (χ1v) is 19.0. The number of carbonyl (C=O) groups is 2. The van der Waals surface area contributed by atoms with Gasteiger partial charge in [0.1, 0.15) is 33.2 Å². The SMILES string of the molecule is COc1ccc([C@H](Cc2c(Cl)c[nH+]cc2Cl)OC(=O)c2ccc(CNC(C(=O)OC3CCN(Cc4ccccc4)CC3)c3ccccc3)s2)cc1OC. The van der Waals surface area contributed by atoms with E-state index in [4.69, 9.17) is 42.1 Å². The lowest BCUT2D eigenvalue weighted by Gasteiger charge is -2.32. The van der Waals surface area contributed by atoms with Crippen LogP contribution in [0.25, 0.3) is 0 Å². The van der Waals surface area contributed by atoms with Crippen LogP contribution in [0.2, 0.25) is 10.0 Å². The molecule has 0 bridgehead atoms. The Morgan fingerprint density at radius 3 is 2.23 bits per heavy atom. The number of esters is 2. The van der Waals surface area contributed by atoms with Gasteiger partial charge in [-0.3, -0.25) is 10.2 Å². The molecule has 0 spiro atoms. The molecule has 3 aromatic carbocycles. The van der Waals surface area contributed by atoms with Crippen molar-refractivity contribution in [3.63, 3.8) is 0 Å². The number of rotatable bonds is 15. The van der Waals surface area contributed by atoms with Gasteiger partial charge in [-0.2, -0.15) is 0 Å². The summed E-state index contributed by atoms with van der Waals surface area (Å²) in [6.07, 6.45) is 4.14. The highest BCUT2D eigenvalue weighted by Gasteiger charge is 2.29. The second kappa shape index (κ2) is 18.5. The van der Waals surface area contributed by atoms with Crippen molar-refractivity contribution in [1.82, 2.24) is 10.2 Å². The van der Waals surface area contributed by atoms with Gasteiger partial charge in [-0.25, -0.2) is 14.6 Å². The number of pyridine rings is 1. The number of aromatic nitrogens is 1. The van der Waals surface area contributed by atoms with Crippen molar-refractivity contribution in [2.75, 3.05) is 27.3 Å². The monoisotopic (exact) mass is 774 g/mol. The van der Waals surface area contributed by atoms with Gasteiger partial charge in [0.25, 0.3) is 0 Å². The molecule has 276 valence electrons. The van der Waals surface area contributed by atoms with Crippen molar-refractivity contribution in [2.24, 2.45) is 0 Å². The first kappa shape index (κ1) is 38.3. The largest absolute Gasteiger partial charge is 0.493 e. The lowest BCUT2D eigenvalue weighted by molar-refractivity contribution is -0.377. The summed E-state index contributed by atoms with van der Waals surface area (Å²) in [5.41, 5.74) is 3.40. The topological polar surface area (TPSA) is 100 Å². The number of hydrogen-bond donors (Lipinski definition) is 1. The fourth-order valence-electron chi connectivity index (χ4n) is 6.35. The molecule has 1 aliphatic rings. The number of nitrogens with one attached hydrogen (secondary N) is 2. The summed E-state index contributed by atoms with van der Waals surface area (Å²) >= 11 is 14.3. The molecule has 1 unspecified atom stereocenters. The molecule has 9 nitrogen and oxygen atoms in total. The average molecular weight is 776 g/mol. The Morgan fingerprint density at radius 1 is 0.868 bits per heavy atom. The first-order chi connectivity index (χ1) is 25.8. The summed E-state index contributed by atoms with van der Waals surface area (Å²) in [4.78, 5) is 33.9. The van der Waals surface area contributed by atoms with Gasteiger partial charge in [-0.15, -0.1) is 11.3 Å². The Balaban J connectivity index is 1.11. The smallest absolute Gasteiger partial charge is 0.348 e. The molecule has 53 heavy (non-hydrogen) atoms. The van der Waals surface area contributed by atoms with E-state index in [1.54, 1.807) is 44.8 Å². The molecular weight excluding hydrogens is 733 g/mol. The minimum Gasteiger partial charge on any atom is -0.493 e. The molecule has 1 saturated heterocycles. The Hall–Kier alpha value is -4.45. The number of likely N-dealkylation sites (tertiary alicyclic amines) is 1. The van der Waals surface area contributed by atoms with Gasteiger partial charge in [0.05, 0.1) is 14.2 Å². The van der Waals surface area contributed by atoms with Crippen LogP contribution in [0.4, 0.5) is 0 Å². The van der Waals surface area contributed by atoms with E-state index in [1.165, 1.54) is 16.9 Å². The summed E-state index contributed by atoms with van der Waals surface area (Å²) < 4.78 is 23.1. The number of benzene rings is 3.